The fourth-order valence-corrected chi connectivity index (χ4v) is 4.12. The molecule has 0 bridgehead atoms. The highest BCUT2D eigenvalue weighted by molar-refractivity contribution is 7.13. The van der Waals surface area contributed by atoms with Crippen molar-refractivity contribution in [3.05, 3.63) is 47.3 Å². The van der Waals surface area contributed by atoms with Gasteiger partial charge in [-0.05, 0) is 36.2 Å². The lowest BCUT2D eigenvalue weighted by Gasteiger charge is -2.26. The van der Waals surface area contributed by atoms with Gasteiger partial charge in [-0.3, -0.25) is 4.79 Å². The lowest BCUT2D eigenvalue weighted by molar-refractivity contribution is -0.118. The van der Waals surface area contributed by atoms with E-state index in [2.05, 4.69) is 18.2 Å². The second kappa shape index (κ2) is 7.04. The summed E-state index contributed by atoms with van der Waals surface area (Å²) >= 11 is 1.58. The van der Waals surface area contributed by atoms with Crippen molar-refractivity contribution >= 4 is 22.9 Å². The molecule has 0 aliphatic carbocycles. The molecule has 6 heteroatoms. The van der Waals surface area contributed by atoms with Crippen LogP contribution in [0.25, 0.3) is 21.8 Å². The number of amides is 1. The van der Waals surface area contributed by atoms with Crippen molar-refractivity contribution in [1.82, 2.24) is 4.98 Å². The number of carbonyl (C=O) groups is 1. The lowest BCUT2D eigenvalue weighted by atomic mass is 9.99. The van der Waals surface area contributed by atoms with Gasteiger partial charge in [-0.25, -0.2) is 4.98 Å². The molecule has 3 aromatic rings. The number of nitrogens with zero attached hydrogens (tertiary/aromatic N) is 2. The Morgan fingerprint density at radius 3 is 2.56 bits per heavy atom. The summed E-state index contributed by atoms with van der Waals surface area (Å²) in [7, 11) is 5.08. The largest absolute Gasteiger partial charge is 0.493 e. The number of fused-ring (bicyclic) bond motifs is 1. The number of aromatic nitrogens is 1. The molecule has 1 amide bonds. The average Bonchev–Trinajstić information content (AvgIpc) is 3.20. The van der Waals surface area contributed by atoms with Crippen LogP contribution in [0.4, 0.5) is 5.69 Å². The van der Waals surface area contributed by atoms with Gasteiger partial charge in [0.25, 0.3) is 0 Å². The molecule has 27 heavy (non-hydrogen) atoms. The molecular formula is C21H20N2O3S. The van der Waals surface area contributed by atoms with Crippen molar-refractivity contribution in [2.75, 3.05) is 26.2 Å². The smallest absolute Gasteiger partial charge is 0.227 e. The topological polar surface area (TPSA) is 51.7 Å². The highest BCUT2D eigenvalue weighted by atomic mass is 32.1. The van der Waals surface area contributed by atoms with Crippen molar-refractivity contribution in [2.24, 2.45) is 0 Å². The Bertz CT molecular complexity index is 1010. The molecule has 1 aromatic heterocycles. The van der Waals surface area contributed by atoms with Crippen molar-refractivity contribution < 1.29 is 14.3 Å². The van der Waals surface area contributed by atoms with Crippen molar-refractivity contribution in [1.29, 1.82) is 0 Å². The standard InChI is InChI=1S/C21H20N2O3S/c1-23-17-10-14(5-4-13(17)7-9-20(23)24)16-12-27-21(22-16)15-6-8-18(25-2)19(11-15)26-3/h4-6,8,10-12H,7,9H2,1-3H3. The molecule has 138 valence electrons. The van der Waals surface area contributed by atoms with E-state index >= 15 is 0 Å². The van der Waals surface area contributed by atoms with Gasteiger partial charge in [0, 0.05) is 35.7 Å². The zero-order chi connectivity index (χ0) is 19.0. The van der Waals surface area contributed by atoms with Gasteiger partial charge in [0.2, 0.25) is 5.91 Å². The molecule has 5 nitrogen and oxygen atoms in total. The third-order valence-electron chi connectivity index (χ3n) is 4.86. The molecular weight excluding hydrogens is 360 g/mol. The van der Waals surface area contributed by atoms with Gasteiger partial charge in [0.05, 0.1) is 19.9 Å². The normalized spacial score (nSPS) is 13.4. The maximum absolute atomic E-state index is 12.0. The fraction of sp³-hybridized carbons (Fsp3) is 0.238. The van der Waals surface area contributed by atoms with Crippen LogP contribution < -0.4 is 14.4 Å². The highest BCUT2D eigenvalue weighted by Gasteiger charge is 2.21. The molecule has 0 radical (unpaired) electrons. The van der Waals surface area contributed by atoms with Crippen molar-refractivity contribution in [3.63, 3.8) is 0 Å². The molecule has 0 unspecified atom stereocenters. The van der Waals surface area contributed by atoms with Crippen LogP contribution in [0.5, 0.6) is 11.5 Å². The summed E-state index contributed by atoms with van der Waals surface area (Å²) in [6.07, 6.45) is 1.37. The Morgan fingerprint density at radius 1 is 1.00 bits per heavy atom. The number of ether oxygens (including phenoxy) is 2. The molecule has 2 heterocycles. The van der Waals surface area contributed by atoms with Crippen LogP contribution in [0.15, 0.2) is 41.8 Å². The summed E-state index contributed by atoms with van der Waals surface area (Å²) < 4.78 is 10.7. The van der Waals surface area contributed by atoms with Gasteiger partial charge in [0.15, 0.2) is 11.5 Å². The Morgan fingerprint density at radius 2 is 1.78 bits per heavy atom. The minimum absolute atomic E-state index is 0.156. The summed E-state index contributed by atoms with van der Waals surface area (Å²) in [5.41, 5.74) is 5.08. The van der Waals surface area contributed by atoms with E-state index in [9.17, 15) is 4.79 Å². The number of methoxy groups -OCH3 is 2. The van der Waals surface area contributed by atoms with Gasteiger partial charge >= 0.3 is 0 Å². The number of rotatable bonds is 4. The zero-order valence-corrected chi connectivity index (χ0v) is 16.3. The quantitative estimate of drug-likeness (QED) is 0.673. The Balaban J connectivity index is 1.68. The van der Waals surface area contributed by atoms with E-state index in [0.29, 0.717) is 17.9 Å². The van der Waals surface area contributed by atoms with E-state index in [1.165, 1.54) is 5.56 Å². The Labute approximate surface area is 162 Å². The van der Waals surface area contributed by atoms with Crippen LogP contribution in [0, 0.1) is 0 Å². The molecule has 0 saturated heterocycles. The average molecular weight is 380 g/mol. The maximum Gasteiger partial charge on any atom is 0.227 e. The van der Waals surface area contributed by atoms with Crippen molar-refractivity contribution in [3.8, 4) is 33.3 Å². The number of thiazole rings is 1. The first kappa shape index (κ1) is 17.5. The van der Waals surface area contributed by atoms with E-state index in [4.69, 9.17) is 14.5 Å². The molecule has 2 aromatic carbocycles. The summed E-state index contributed by atoms with van der Waals surface area (Å²) in [6, 6.07) is 12.0. The number of hydrogen-bond acceptors (Lipinski definition) is 5. The minimum Gasteiger partial charge on any atom is -0.493 e. The second-order valence-electron chi connectivity index (χ2n) is 6.40. The third kappa shape index (κ3) is 3.17. The Hall–Kier alpha value is -2.86. The highest BCUT2D eigenvalue weighted by Crippen LogP contribution is 2.36. The molecule has 1 aliphatic heterocycles. The minimum atomic E-state index is 0.156. The second-order valence-corrected chi connectivity index (χ2v) is 7.26. The van der Waals surface area contributed by atoms with Gasteiger partial charge in [-0.15, -0.1) is 11.3 Å². The number of aryl methyl sites for hydroxylation is 1. The molecule has 0 fully saturated rings. The number of anilines is 1. The van der Waals surface area contributed by atoms with Crippen LogP contribution in [0.1, 0.15) is 12.0 Å². The van der Waals surface area contributed by atoms with Crippen LogP contribution in [0.3, 0.4) is 0 Å². The monoisotopic (exact) mass is 380 g/mol. The van der Waals surface area contributed by atoms with Crippen LogP contribution in [-0.4, -0.2) is 32.2 Å². The van der Waals surface area contributed by atoms with Gasteiger partial charge < -0.3 is 14.4 Å². The summed E-state index contributed by atoms with van der Waals surface area (Å²) in [5, 5.41) is 2.95. The molecule has 0 spiro atoms. The number of carbonyl (C=O) groups excluding carboxylic acids is 1. The molecule has 0 saturated carbocycles. The van der Waals surface area contributed by atoms with E-state index in [1.807, 2.05) is 30.6 Å². The van der Waals surface area contributed by atoms with Gasteiger partial charge in [-0.2, -0.15) is 0 Å². The third-order valence-corrected chi connectivity index (χ3v) is 5.75. The first-order chi connectivity index (χ1) is 13.1. The molecule has 0 N–H and O–H groups in total. The maximum atomic E-state index is 12.0. The van der Waals surface area contributed by atoms with E-state index in [0.717, 1.165) is 33.9 Å². The molecule has 4 rings (SSSR count). The number of benzene rings is 2. The van der Waals surface area contributed by atoms with Crippen LogP contribution >= 0.6 is 11.3 Å². The molecule has 1 aliphatic rings. The van der Waals surface area contributed by atoms with Gasteiger partial charge in [0.1, 0.15) is 5.01 Å². The summed E-state index contributed by atoms with van der Waals surface area (Å²) in [6.45, 7) is 0. The van der Waals surface area contributed by atoms with Crippen LogP contribution in [0.2, 0.25) is 0 Å². The fourth-order valence-electron chi connectivity index (χ4n) is 3.30. The first-order valence-electron chi connectivity index (χ1n) is 8.68. The van der Waals surface area contributed by atoms with Gasteiger partial charge in [-0.1, -0.05) is 12.1 Å². The molecule has 0 atom stereocenters. The summed E-state index contributed by atoms with van der Waals surface area (Å²) in [4.78, 5) is 18.5. The first-order valence-corrected chi connectivity index (χ1v) is 9.56. The van der Waals surface area contributed by atoms with Crippen molar-refractivity contribution in [2.45, 2.75) is 12.8 Å². The van der Waals surface area contributed by atoms with E-state index in [1.54, 1.807) is 30.5 Å². The van der Waals surface area contributed by atoms with E-state index in [-0.39, 0.29) is 5.91 Å². The lowest BCUT2D eigenvalue weighted by Crippen LogP contribution is -2.31. The Kier molecular flexibility index (Phi) is 4.58. The van der Waals surface area contributed by atoms with E-state index < -0.39 is 0 Å². The SMILES string of the molecule is COc1ccc(-c2nc(-c3ccc4c(c3)N(C)C(=O)CC4)cs2)cc1OC. The summed E-state index contributed by atoms with van der Waals surface area (Å²) in [5.74, 6) is 1.53. The predicted molar refractivity (Wildman–Crippen MR) is 108 cm³/mol. The number of hydrogen-bond donors (Lipinski definition) is 0. The predicted octanol–water partition coefficient (Wildman–Crippen LogP) is 4.40. The zero-order valence-electron chi connectivity index (χ0n) is 15.5. The van der Waals surface area contributed by atoms with Crippen LogP contribution in [-0.2, 0) is 11.2 Å².